The molecule has 0 saturated carbocycles. The van der Waals surface area contributed by atoms with Gasteiger partial charge in [0.25, 0.3) is 11.7 Å². The number of amides is 1. The Labute approximate surface area is 209 Å². The number of nitrogens with zero attached hydrogens (tertiary/aromatic N) is 1. The van der Waals surface area contributed by atoms with Crippen molar-refractivity contribution in [1.29, 1.82) is 0 Å². The fourth-order valence-corrected chi connectivity index (χ4v) is 4.45. The van der Waals surface area contributed by atoms with Crippen LogP contribution in [0.5, 0.6) is 11.5 Å². The molecule has 0 radical (unpaired) electrons. The van der Waals surface area contributed by atoms with Crippen molar-refractivity contribution in [1.82, 2.24) is 0 Å². The lowest BCUT2D eigenvalue weighted by Gasteiger charge is -2.27. The molecule has 1 heterocycles. The topological polar surface area (TPSA) is 87.1 Å². The number of phenolic OH excluding ortho intramolecular Hbond substituents is 1. The number of aliphatic hydroxyl groups is 1. The summed E-state index contributed by atoms with van der Waals surface area (Å²) in [6.45, 7) is 5.89. The van der Waals surface area contributed by atoms with Crippen molar-refractivity contribution in [3.63, 3.8) is 0 Å². The van der Waals surface area contributed by atoms with Crippen LogP contribution in [0.15, 0.2) is 66.2 Å². The normalized spacial score (nSPS) is 17.1. The molecule has 1 fully saturated rings. The van der Waals surface area contributed by atoms with Gasteiger partial charge in [-0.25, -0.2) is 0 Å². The van der Waals surface area contributed by atoms with Crippen molar-refractivity contribution in [2.24, 2.45) is 0 Å². The molecule has 0 aromatic heterocycles. The smallest absolute Gasteiger partial charge is 0.300 e. The first-order chi connectivity index (χ1) is 16.8. The number of anilines is 1. The second-order valence-electron chi connectivity index (χ2n) is 8.26. The number of ketones is 1. The molecule has 180 valence electrons. The van der Waals surface area contributed by atoms with E-state index >= 15 is 0 Å². The molecule has 1 aliphatic heterocycles. The second kappa shape index (κ2) is 9.84. The van der Waals surface area contributed by atoms with E-state index in [-0.39, 0.29) is 22.8 Å². The van der Waals surface area contributed by atoms with Gasteiger partial charge >= 0.3 is 0 Å². The number of carbonyl (C=O) groups is 2. The minimum Gasteiger partial charge on any atom is -0.507 e. The average Bonchev–Trinajstić information content (AvgIpc) is 3.12. The molecule has 1 unspecified atom stereocenters. The first-order valence-electron chi connectivity index (χ1n) is 11.4. The Morgan fingerprint density at radius 1 is 1.06 bits per heavy atom. The van der Waals surface area contributed by atoms with E-state index in [0.717, 1.165) is 12.0 Å². The van der Waals surface area contributed by atoms with Crippen LogP contribution in [0.3, 0.4) is 0 Å². The van der Waals surface area contributed by atoms with Gasteiger partial charge in [0.2, 0.25) is 0 Å². The Hall–Kier alpha value is -3.77. The zero-order valence-corrected chi connectivity index (χ0v) is 20.5. The average molecular weight is 492 g/mol. The number of phenols is 1. The summed E-state index contributed by atoms with van der Waals surface area (Å²) in [5, 5.41) is 22.0. The second-order valence-corrected chi connectivity index (χ2v) is 8.67. The van der Waals surface area contributed by atoms with Crippen LogP contribution in [0.4, 0.5) is 5.69 Å². The van der Waals surface area contributed by atoms with E-state index < -0.39 is 17.7 Å². The highest BCUT2D eigenvalue weighted by Gasteiger charge is 2.47. The number of Topliss-reactive ketones (excluding diaryl/α,β-unsaturated/α-hetero) is 1. The van der Waals surface area contributed by atoms with Gasteiger partial charge in [-0.1, -0.05) is 54.9 Å². The summed E-state index contributed by atoms with van der Waals surface area (Å²) in [4.78, 5) is 28.1. The number of carbonyl (C=O) groups excluding carboxylic acids is 2. The number of halogens is 1. The maximum absolute atomic E-state index is 13.4. The molecule has 3 aromatic carbocycles. The lowest BCUT2D eigenvalue weighted by molar-refractivity contribution is -0.132. The number of aliphatic hydroxyl groups excluding tert-OH is 1. The summed E-state index contributed by atoms with van der Waals surface area (Å²) >= 11 is 6.34. The summed E-state index contributed by atoms with van der Waals surface area (Å²) < 4.78 is 5.54. The predicted octanol–water partition coefficient (Wildman–Crippen LogP) is 5.94. The van der Waals surface area contributed by atoms with Crippen LogP contribution in [0, 0.1) is 6.92 Å². The molecular formula is C28H26ClNO5. The largest absolute Gasteiger partial charge is 0.507 e. The monoisotopic (exact) mass is 491 g/mol. The van der Waals surface area contributed by atoms with Gasteiger partial charge in [0.05, 0.1) is 18.2 Å². The maximum atomic E-state index is 13.4. The van der Waals surface area contributed by atoms with Crippen LogP contribution >= 0.6 is 11.6 Å². The van der Waals surface area contributed by atoms with E-state index in [1.807, 2.05) is 19.1 Å². The van der Waals surface area contributed by atoms with Gasteiger partial charge in [-0.3, -0.25) is 14.5 Å². The van der Waals surface area contributed by atoms with Crippen molar-refractivity contribution >= 4 is 34.7 Å². The molecule has 0 aliphatic carbocycles. The molecular weight excluding hydrogens is 466 g/mol. The summed E-state index contributed by atoms with van der Waals surface area (Å²) in [6.07, 6.45) is 0.827. The number of aryl methyl sites for hydroxylation is 1. The van der Waals surface area contributed by atoms with Gasteiger partial charge in [0.1, 0.15) is 5.76 Å². The van der Waals surface area contributed by atoms with Gasteiger partial charge in [0, 0.05) is 16.3 Å². The number of hydrogen-bond acceptors (Lipinski definition) is 5. The third-order valence-electron chi connectivity index (χ3n) is 6.18. The molecule has 1 atom stereocenters. The molecule has 1 amide bonds. The van der Waals surface area contributed by atoms with E-state index in [0.29, 0.717) is 34.0 Å². The molecule has 4 rings (SSSR count). The van der Waals surface area contributed by atoms with Crippen LogP contribution in [0.1, 0.15) is 42.1 Å². The highest BCUT2D eigenvalue weighted by atomic mass is 35.5. The van der Waals surface area contributed by atoms with Gasteiger partial charge in [0.15, 0.2) is 11.5 Å². The molecule has 2 N–H and O–H groups in total. The maximum Gasteiger partial charge on any atom is 0.300 e. The summed E-state index contributed by atoms with van der Waals surface area (Å²) in [7, 11) is 0. The zero-order valence-electron chi connectivity index (χ0n) is 19.7. The van der Waals surface area contributed by atoms with Gasteiger partial charge in [-0.05, 0) is 61.2 Å². The number of benzene rings is 3. The molecule has 0 spiro atoms. The van der Waals surface area contributed by atoms with Crippen LogP contribution in [0.25, 0.3) is 5.76 Å². The van der Waals surface area contributed by atoms with E-state index in [1.165, 1.54) is 11.0 Å². The molecule has 0 bridgehead atoms. The zero-order chi connectivity index (χ0) is 25.3. The van der Waals surface area contributed by atoms with E-state index in [1.54, 1.807) is 56.3 Å². The molecule has 1 saturated heterocycles. The third-order valence-corrected chi connectivity index (χ3v) is 6.59. The lowest BCUT2D eigenvalue weighted by Crippen LogP contribution is -2.30. The van der Waals surface area contributed by atoms with Crippen molar-refractivity contribution in [3.05, 3.63) is 93.5 Å². The molecule has 7 heteroatoms. The van der Waals surface area contributed by atoms with Crippen LogP contribution in [-0.2, 0) is 16.0 Å². The Morgan fingerprint density at radius 3 is 2.43 bits per heavy atom. The molecule has 1 aliphatic rings. The Bertz CT molecular complexity index is 1330. The number of aromatic hydroxyl groups is 1. The Kier molecular flexibility index (Phi) is 6.85. The highest BCUT2D eigenvalue weighted by Crippen LogP contribution is 2.45. The van der Waals surface area contributed by atoms with E-state index in [9.17, 15) is 19.8 Å². The Morgan fingerprint density at radius 2 is 1.77 bits per heavy atom. The first kappa shape index (κ1) is 24.4. The minimum absolute atomic E-state index is 0.0493. The fourth-order valence-electron chi connectivity index (χ4n) is 4.28. The predicted molar refractivity (Wildman–Crippen MR) is 136 cm³/mol. The SMILES string of the molecule is CCOc1cc(C2/C(=C(\O)c3ccc(CC)cc3)C(=O)C(=O)N2c2cccc(Cl)c2C)ccc1O. The Balaban J connectivity index is 1.97. The molecule has 35 heavy (non-hydrogen) atoms. The van der Waals surface area contributed by atoms with Crippen molar-refractivity contribution in [2.75, 3.05) is 11.5 Å². The quantitative estimate of drug-likeness (QED) is 0.253. The minimum atomic E-state index is -0.960. The van der Waals surface area contributed by atoms with Gasteiger partial charge in [-0.2, -0.15) is 0 Å². The molecule has 6 nitrogen and oxygen atoms in total. The van der Waals surface area contributed by atoms with Crippen LogP contribution in [-0.4, -0.2) is 28.5 Å². The van der Waals surface area contributed by atoms with Crippen LogP contribution < -0.4 is 9.64 Å². The standard InChI is InChI=1S/C28H26ClNO5/c1-4-17-9-11-18(12-10-17)26(32)24-25(19-13-14-22(31)23(15-19)35-5-2)30(28(34)27(24)33)21-8-6-7-20(29)16(21)3/h6-15,25,31-32H,4-5H2,1-3H3/b26-24+. The summed E-state index contributed by atoms with van der Waals surface area (Å²) in [6, 6.07) is 16.0. The fraction of sp³-hybridized carbons (Fsp3) is 0.214. The van der Waals surface area contributed by atoms with Crippen molar-refractivity contribution in [3.8, 4) is 11.5 Å². The van der Waals surface area contributed by atoms with Gasteiger partial charge < -0.3 is 14.9 Å². The number of rotatable bonds is 6. The van der Waals surface area contributed by atoms with Crippen LogP contribution in [0.2, 0.25) is 5.02 Å². The lowest BCUT2D eigenvalue weighted by atomic mass is 9.94. The van der Waals surface area contributed by atoms with E-state index in [2.05, 4.69) is 0 Å². The number of hydrogen-bond donors (Lipinski definition) is 2. The van der Waals surface area contributed by atoms with E-state index in [4.69, 9.17) is 16.3 Å². The third kappa shape index (κ3) is 4.37. The summed E-state index contributed by atoms with van der Waals surface area (Å²) in [5.74, 6) is -1.72. The van der Waals surface area contributed by atoms with Gasteiger partial charge in [-0.15, -0.1) is 0 Å². The van der Waals surface area contributed by atoms with Crippen molar-refractivity contribution in [2.45, 2.75) is 33.2 Å². The first-order valence-corrected chi connectivity index (χ1v) is 11.8. The van der Waals surface area contributed by atoms with Crippen molar-refractivity contribution < 1.29 is 24.5 Å². The molecule has 3 aromatic rings. The summed E-state index contributed by atoms with van der Waals surface area (Å²) in [5.41, 5.74) is 3.03. The highest BCUT2D eigenvalue weighted by molar-refractivity contribution is 6.52. The number of ether oxygens (including phenoxy) is 1.